The molecule has 1 N–H and O–H groups in total. The fourth-order valence-electron chi connectivity index (χ4n) is 2.75. The van der Waals surface area contributed by atoms with Gasteiger partial charge in [-0.25, -0.2) is 0 Å². The lowest BCUT2D eigenvalue weighted by atomic mass is 10.1. The van der Waals surface area contributed by atoms with Crippen molar-refractivity contribution in [2.45, 2.75) is 123 Å². The summed E-state index contributed by atoms with van der Waals surface area (Å²) in [6.45, 7) is 7.93. The highest BCUT2D eigenvalue weighted by Crippen LogP contribution is 2.13. The first-order valence-electron chi connectivity index (χ1n) is 10.4. The summed E-state index contributed by atoms with van der Waals surface area (Å²) in [5.41, 5.74) is -0.369. The molecule has 0 rings (SSSR count). The van der Waals surface area contributed by atoms with Crippen LogP contribution in [0.1, 0.15) is 111 Å². The zero-order valence-electron chi connectivity index (χ0n) is 17.2. The van der Waals surface area contributed by atoms with E-state index in [1.165, 1.54) is 38.5 Å². The summed E-state index contributed by atoms with van der Waals surface area (Å²) in [5.74, 6) is -0.0799. The summed E-state index contributed by atoms with van der Waals surface area (Å²) >= 11 is 0. The van der Waals surface area contributed by atoms with Gasteiger partial charge >= 0.3 is 5.97 Å². The van der Waals surface area contributed by atoms with E-state index in [1.807, 2.05) is 20.8 Å². The van der Waals surface area contributed by atoms with Gasteiger partial charge in [0.25, 0.3) is 0 Å². The van der Waals surface area contributed by atoms with E-state index in [2.05, 4.69) is 19.1 Å². The predicted octanol–water partition coefficient (Wildman–Crippen LogP) is 6.34. The Balaban J connectivity index is 3.39. The normalized spacial score (nSPS) is 13.3. The molecule has 0 saturated carbocycles. The lowest BCUT2D eigenvalue weighted by Crippen LogP contribution is -2.23. The minimum absolute atomic E-state index is 0.0799. The Hall–Kier alpha value is -0.830. The fourth-order valence-corrected chi connectivity index (χ4v) is 2.75. The average Bonchev–Trinajstić information content (AvgIpc) is 2.51. The summed E-state index contributed by atoms with van der Waals surface area (Å²) in [4.78, 5) is 11.6. The van der Waals surface area contributed by atoms with E-state index in [0.29, 0.717) is 6.42 Å². The topological polar surface area (TPSA) is 46.5 Å². The molecule has 148 valence electrons. The molecule has 0 heterocycles. The largest absolute Gasteiger partial charge is 0.460 e. The van der Waals surface area contributed by atoms with Gasteiger partial charge in [0.1, 0.15) is 5.60 Å². The van der Waals surface area contributed by atoms with Gasteiger partial charge in [0.05, 0.1) is 6.10 Å². The van der Waals surface area contributed by atoms with E-state index in [9.17, 15) is 9.90 Å². The third-order valence-electron chi connectivity index (χ3n) is 4.14. The number of carbonyl (C=O) groups is 1. The van der Waals surface area contributed by atoms with Crippen molar-refractivity contribution in [3.63, 3.8) is 0 Å². The molecule has 0 bridgehead atoms. The van der Waals surface area contributed by atoms with E-state index in [1.54, 1.807) is 0 Å². The minimum atomic E-state index is -0.369. The number of aliphatic hydroxyl groups is 1. The number of allylic oxidation sites excluding steroid dienone is 1. The highest BCUT2D eigenvalue weighted by Gasteiger charge is 2.15. The second-order valence-electron chi connectivity index (χ2n) is 8.10. The van der Waals surface area contributed by atoms with Crippen LogP contribution in [-0.4, -0.2) is 22.8 Å². The fraction of sp³-hybridized carbons (Fsp3) is 0.864. The smallest absolute Gasteiger partial charge is 0.306 e. The second kappa shape index (κ2) is 15.4. The van der Waals surface area contributed by atoms with Crippen LogP contribution in [-0.2, 0) is 9.53 Å². The summed E-state index contributed by atoms with van der Waals surface area (Å²) in [7, 11) is 0. The molecule has 0 aromatic carbocycles. The third kappa shape index (κ3) is 19.3. The number of hydrogen-bond acceptors (Lipinski definition) is 3. The summed E-state index contributed by atoms with van der Waals surface area (Å²) in [6, 6.07) is 0. The molecule has 0 saturated heterocycles. The maximum Gasteiger partial charge on any atom is 0.306 e. The molecule has 25 heavy (non-hydrogen) atoms. The van der Waals surface area contributed by atoms with Gasteiger partial charge in [0, 0.05) is 6.42 Å². The van der Waals surface area contributed by atoms with Crippen LogP contribution in [0.5, 0.6) is 0 Å². The first-order chi connectivity index (χ1) is 11.8. The van der Waals surface area contributed by atoms with Crippen LogP contribution in [0.15, 0.2) is 12.2 Å². The molecular weight excluding hydrogens is 312 g/mol. The van der Waals surface area contributed by atoms with Crippen LogP contribution < -0.4 is 0 Å². The summed E-state index contributed by atoms with van der Waals surface area (Å²) in [6.07, 6.45) is 18.0. The molecule has 0 aromatic rings. The molecule has 0 radical (unpaired) electrons. The van der Waals surface area contributed by atoms with Gasteiger partial charge in [-0.3, -0.25) is 4.79 Å². The Morgan fingerprint density at radius 3 is 2.28 bits per heavy atom. The van der Waals surface area contributed by atoms with Gasteiger partial charge in [-0.15, -0.1) is 0 Å². The molecule has 0 aromatic heterocycles. The number of unbranched alkanes of at least 4 members (excludes halogenated alkanes) is 8. The standard InChI is InChI=1S/C22H42O3/c1-5-6-7-14-17-20(23)18-15-12-10-8-9-11-13-16-19-21(24)25-22(2,3)4/h12,15,20,23H,5-11,13-14,16-19H2,1-4H3/b15-12-/t20-/m1/s1. The molecule has 0 amide bonds. The van der Waals surface area contributed by atoms with E-state index in [0.717, 1.165) is 38.5 Å². The second-order valence-corrected chi connectivity index (χ2v) is 8.10. The van der Waals surface area contributed by atoms with Gasteiger partial charge in [-0.1, -0.05) is 64.0 Å². The molecule has 1 atom stereocenters. The van der Waals surface area contributed by atoms with Crippen molar-refractivity contribution in [2.75, 3.05) is 0 Å². The van der Waals surface area contributed by atoms with Crippen LogP contribution >= 0.6 is 0 Å². The van der Waals surface area contributed by atoms with E-state index in [-0.39, 0.29) is 17.7 Å². The van der Waals surface area contributed by atoms with E-state index < -0.39 is 0 Å². The Morgan fingerprint density at radius 2 is 1.60 bits per heavy atom. The first-order valence-corrected chi connectivity index (χ1v) is 10.4. The maximum absolute atomic E-state index is 11.6. The van der Waals surface area contributed by atoms with E-state index in [4.69, 9.17) is 4.74 Å². The number of hydrogen-bond donors (Lipinski definition) is 1. The van der Waals surface area contributed by atoms with Crippen LogP contribution in [0.2, 0.25) is 0 Å². The molecular formula is C22H42O3. The zero-order valence-corrected chi connectivity index (χ0v) is 17.2. The van der Waals surface area contributed by atoms with Gasteiger partial charge < -0.3 is 9.84 Å². The Bertz CT molecular complexity index is 342. The minimum Gasteiger partial charge on any atom is -0.460 e. The van der Waals surface area contributed by atoms with Crippen LogP contribution in [0.3, 0.4) is 0 Å². The number of carbonyl (C=O) groups excluding carboxylic acids is 1. The number of ether oxygens (including phenoxy) is 1. The van der Waals surface area contributed by atoms with Gasteiger partial charge in [-0.05, 0) is 52.9 Å². The average molecular weight is 355 g/mol. The number of rotatable bonds is 15. The molecule has 0 unspecified atom stereocenters. The van der Waals surface area contributed by atoms with Crippen molar-refractivity contribution in [3.05, 3.63) is 12.2 Å². The van der Waals surface area contributed by atoms with Crippen LogP contribution in [0, 0.1) is 0 Å². The van der Waals surface area contributed by atoms with Crippen molar-refractivity contribution < 1.29 is 14.6 Å². The van der Waals surface area contributed by atoms with Crippen molar-refractivity contribution in [1.29, 1.82) is 0 Å². The third-order valence-corrected chi connectivity index (χ3v) is 4.14. The quantitative estimate of drug-likeness (QED) is 0.212. The molecule has 0 fully saturated rings. The molecule has 3 nitrogen and oxygen atoms in total. The Kier molecular flexibility index (Phi) is 14.9. The van der Waals surface area contributed by atoms with Crippen molar-refractivity contribution in [2.24, 2.45) is 0 Å². The Morgan fingerprint density at radius 1 is 0.960 bits per heavy atom. The van der Waals surface area contributed by atoms with Crippen LogP contribution in [0.25, 0.3) is 0 Å². The molecule has 3 heteroatoms. The number of aliphatic hydroxyl groups excluding tert-OH is 1. The number of esters is 1. The monoisotopic (exact) mass is 354 g/mol. The first kappa shape index (κ1) is 24.2. The molecule has 0 aliphatic carbocycles. The Labute approximate surface area is 156 Å². The van der Waals surface area contributed by atoms with Crippen molar-refractivity contribution in [3.8, 4) is 0 Å². The molecule has 0 aliphatic rings. The van der Waals surface area contributed by atoms with Gasteiger partial charge in [-0.2, -0.15) is 0 Å². The lowest BCUT2D eigenvalue weighted by molar-refractivity contribution is -0.154. The van der Waals surface area contributed by atoms with Gasteiger partial charge in [0.15, 0.2) is 0 Å². The van der Waals surface area contributed by atoms with Crippen molar-refractivity contribution in [1.82, 2.24) is 0 Å². The van der Waals surface area contributed by atoms with Crippen LogP contribution in [0.4, 0.5) is 0 Å². The molecule has 0 aliphatic heterocycles. The predicted molar refractivity (Wildman–Crippen MR) is 107 cm³/mol. The SMILES string of the molecule is CCCCCC[C@@H](O)C/C=C\CCCCCCCC(=O)OC(C)(C)C. The summed E-state index contributed by atoms with van der Waals surface area (Å²) in [5, 5.41) is 9.87. The highest BCUT2D eigenvalue weighted by atomic mass is 16.6. The van der Waals surface area contributed by atoms with Gasteiger partial charge in [0.2, 0.25) is 0 Å². The van der Waals surface area contributed by atoms with Crippen molar-refractivity contribution >= 4 is 5.97 Å². The lowest BCUT2D eigenvalue weighted by Gasteiger charge is -2.19. The highest BCUT2D eigenvalue weighted by molar-refractivity contribution is 5.69. The maximum atomic E-state index is 11.6. The summed E-state index contributed by atoms with van der Waals surface area (Å²) < 4.78 is 5.30. The van der Waals surface area contributed by atoms with E-state index >= 15 is 0 Å². The molecule has 0 spiro atoms. The zero-order chi connectivity index (χ0) is 19.0.